The van der Waals surface area contributed by atoms with Crippen molar-refractivity contribution in [2.45, 2.75) is 44.9 Å². The van der Waals surface area contributed by atoms with Crippen LogP contribution in [0.1, 0.15) is 32.6 Å². The zero-order chi connectivity index (χ0) is 9.80. The first-order valence-electron chi connectivity index (χ1n) is 5.81. The Kier molecular flexibility index (Phi) is 3.79. The molecule has 1 N–H and O–H groups in total. The molecule has 0 spiro atoms. The Labute approximate surface area is 86.2 Å². The summed E-state index contributed by atoms with van der Waals surface area (Å²) in [5, 5.41) is 3.41. The van der Waals surface area contributed by atoms with Crippen LogP contribution < -0.4 is 5.32 Å². The summed E-state index contributed by atoms with van der Waals surface area (Å²) in [5.41, 5.74) is 0. The fraction of sp³-hybridized carbons (Fsp3) is 1.00. The third-order valence-electron chi connectivity index (χ3n) is 3.03. The Morgan fingerprint density at radius 3 is 2.86 bits per heavy atom. The minimum Gasteiger partial charge on any atom is -0.378 e. The van der Waals surface area contributed by atoms with E-state index < -0.39 is 0 Å². The Morgan fingerprint density at radius 1 is 1.29 bits per heavy atom. The van der Waals surface area contributed by atoms with Gasteiger partial charge >= 0.3 is 0 Å². The van der Waals surface area contributed by atoms with Crippen LogP contribution in [0.5, 0.6) is 0 Å². The summed E-state index contributed by atoms with van der Waals surface area (Å²) in [6.45, 7) is 5.12. The van der Waals surface area contributed by atoms with Gasteiger partial charge in [-0.2, -0.15) is 0 Å². The summed E-state index contributed by atoms with van der Waals surface area (Å²) >= 11 is 0. The van der Waals surface area contributed by atoms with Crippen LogP contribution in [0.2, 0.25) is 0 Å². The van der Waals surface area contributed by atoms with Crippen molar-refractivity contribution in [1.29, 1.82) is 0 Å². The van der Waals surface area contributed by atoms with Gasteiger partial charge in [0.1, 0.15) is 6.23 Å². The van der Waals surface area contributed by atoms with Gasteiger partial charge in [0, 0.05) is 19.6 Å². The molecule has 2 heterocycles. The largest absolute Gasteiger partial charge is 0.378 e. The quantitative estimate of drug-likeness (QED) is 0.731. The molecule has 0 bridgehead atoms. The van der Waals surface area contributed by atoms with Gasteiger partial charge in [0.15, 0.2) is 0 Å². The molecule has 3 heteroatoms. The van der Waals surface area contributed by atoms with Crippen LogP contribution in [0, 0.1) is 5.92 Å². The summed E-state index contributed by atoms with van der Waals surface area (Å²) in [7, 11) is 0. The average molecular weight is 199 g/mol. The van der Waals surface area contributed by atoms with Gasteiger partial charge in [-0.15, -0.1) is 0 Å². The fourth-order valence-corrected chi connectivity index (χ4v) is 2.11. The Morgan fingerprint density at radius 2 is 2.21 bits per heavy atom. The van der Waals surface area contributed by atoms with Gasteiger partial charge in [-0.3, -0.25) is 5.32 Å². The maximum atomic E-state index is 5.70. The third-order valence-corrected chi connectivity index (χ3v) is 3.03. The summed E-state index contributed by atoms with van der Waals surface area (Å²) in [4.78, 5) is 0. The molecule has 0 radical (unpaired) electrons. The predicted molar refractivity (Wildman–Crippen MR) is 55.1 cm³/mol. The van der Waals surface area contributed by atoms with E-state index in [9.17, 15) is 0 Å². The van der Waals surface area contributed by atoms with Crippen molar-refractivity contribution >= 4 is 0 Å². The Bertz CT molecular complexity index is 161. The van der Waals surface area contributed by atoms with E-state index in [1.165, 1.54) is 19.3 Å². The fourth-order valence-electron chi connectivity index (χ4n) is 2.11. The van der Waals surface area contributed by atoms with E-state index in [-0.39, 0.29) is 6.23 Å². The smallest absolute Gasteiger partial charge is 0.110 e. The SMILES string of the molecule is CC1CNC(CC2CCCCO2)OC1. The number of nitrogens with one attached hydrogen (secondary N) is 1. The van der Waals surface area contributed by atoms with Gasteiger partial charge in [-0.1, -0.05) is 6.92 Å². The number of hydrogen-bond acceptors (Lipinski definition) is 3. The van der Waals surface area contributed by atoms with E-state index in [1.54, 1.807) is 0 Å². The molecule has 0 aromatic rings. The topological polar surface area (TPSA) is 30.5 Å². The van der Waals surface area contributed by atoms with Gasteiger partial charge in [-0.25, -0.2) is 0 Å². The zero-order valence-corrected chi connectivity index (χ0v) is 9.00. The highest BCUT2D eigenvalue weighted by molar-refractivity contribution is 4.72. The molecule has 0 aromatic carbocycles. The molecule has 14 heavy (non-hydrogen) atoms. The first-order chi connectivity index (χ1) is 6.84. The van der Waals surface area contributed by atoms with Crippen molar-refractivity contribution in [3.05, 3.63) is 0 Å². The van der Waals surface area contributed by atoms with E-state index in [2.05, 4.69) is 12.2 Å². The molecule has 82 valence electrons. The van der Waals surface area contributed by atoms with Gasteiger partial charge in [0.25, 0.3) is 0 Å². The van der Waals surface area contributed by atoms with Crippen LogP contribution in [-0.4, -0.2) is 32.1 Å². The summed E-state index contributed by atoms with van der Waals surface area (Å²) < 4.78 is 11.4. The van der Waals surface area contributed by atoms with Crippen LogP contribution in [0.15, 0.2) is 0 Å². The highest BCUT2D eigenvalue weighted by Crippen LogP contribution is 2.19. The third kappa shape index (κ3) is 2.94. The summed E-state index contributed by atoms with van der Waals surface area (Å²) in [5.74, 6) is 0.651. The van der Waals surface area contributed by atoms with Crippen LogP contribution in [0.4, 0.5) is 0 Å². The maximum Gasteiger partial charge on any atom is 0.110 e. The molecule has 2 aliphatic rings. The average Bonchev–Trinajstić information content (AvgIpc) is 2.23. The van der Waals surface area contributed by atoms with E-state index in [1.807, 2.05) is 0 Å². The second-order valence-corrected chi connectivity index (χ2v) is 4.56. The molecule has 2 saturated heterocycles. The standard InChI is InChI=1S/C11H21NO2/c1-9-7-12-11(14-8-9)6-10-4-2-3-5-13-10/h9-12H,2-8H2,1H3. The molecule has 0 amide bonds. The first-order valence-corrected chi connectivity index (χ1v) is 5.81. The van der Waals surface area contributed by atoms with Crippen molar-refractivity contribution < 1.29 is 9.47 Å². The minimum absolute atomic E-state index is 0.231. The van der Waals surface area contributed by atoms with Crippen molar-refractivity contribution in [1.82, 2.24) is 5.32 Å². The van der Waals surface area contributed by atoms with Gasteiger partial charge in [0.2, 0.25) is 0 Å². The van der Waals surface area contributed by atoms with E-state index in [0.717, 1.165) is 26.2 Å². The van der Waals surface area contributed by atoms with Crippen molar-refractivity contribution in [2.24, 2.45) is 5.92 Å². The van der Waals surface area contributed by atoms with Crippen molar-refractivity contribution in [2.75, 3.05) is 19.8 Å². The molecular formula is C11H21NO2. The van der Waals surface area contributed by atoms with E-state index in [0.29, 0.717) is 12.0 Å². The molecular weight excluding hydrogens is 178 g/mol. The molecule has 0 saturated carbocycles. The Hall–Kier alpha value is -0.120. The normalized spacial score (nSPS) is 39.6. The minimum atomic E-state index is 0.231. The molecule has 3 nitrogen and oxygen atoms in total. The van der Waals surface area contributed by atoms with Crippen LogP contribution in [-0.2, 0) is 9.47 Å². The van der Waals surface area contributed by atoms with Crippen LogP contribution in [0.3, 0.4) is 0 Å². The molecule has 3 unspecified atom stereocenters. The number of hydrogen-bond donors (Lipinski definition) is 1. The molecule has 3 atom stereocenters. The van der Waals surface area contributed by atoms with Crippen molar-refractivity contribution in [3.63, 3.8) is 0 Å². The molecule has 2 aliphatic heterocycles. The highest BCUT2D eigenvalue weighted by atomic mass is 16.5. The lowest BCUT2D eigenvalue weighted by Gasteiger charge is -2.32. The van der Waals surface area contributed by atoms with Crippen LogP contribution >= 0.6 is 0 Å². The summed E-state index contributed by atoms with van der Waals surface area (Å²) in [6.07, 6.45) is 5.42. The number of ether oxygens (including phenoxy) is 2. The monoisotopic (exact) mass is 199 g/mol. The molecule has 0 aliphatic carbocycles. The van der Waals surface area contributed by atoms with Gasteiger partial charge in [0.05, 0.1) is 12.7 Å². The second kappa shape index (κ2) is 5.10. The highest BCUT2D eigenvalue weighted by Gasteiger charge is 2.23. The lowest BCUT2D eigenvalue weighted by Crippen LogP contribution is -2.44. The lowest BCUT2D eigenvalue weighted by molar-refractivity contribution is -0.0721. The zero-order valence-electron chi connectivity index (χ0n) is 9.00. The number of rotatable bonds is 2. The summed E-state index contributed by atoms with van der Waals surface area (Å²) in [6, 6.07) is 0. The molecule has 2 rings (SSSR count). The Balaban J connectivity index is 1.68. The van der Waals surface area contributed by atoms with E-state index >= 15 is 0 Å². The predicted octanol–water partition coefficient (Wildman–Crippen LogP) is 1.53. The van der Waals surface area contributed by atoms with Gasteiger partial charge < -0.3 is 9.47 Å². The first kappa shape index (κ1) is 10.4. The lowest BCUT2D eigenvalue weighted by atomic mass is 10.0. The van der Waals surface area contributed by atoms with E-state index in [4.69, 9.17) is 9.47 Å². The molecule has 2 fully saturated rings. The van der Waals surface area contributed by atoms with Crippen LogP contribution in [0.25, 0.3) is 0 Å². The molecule has 0 aromatic heterocycles. The maximum absolute atomic E-state index is 5.70. The van der Waals surface area contributed by atoms with Crippen molar-refractivity contribution in [3.8, 4) is 0 Å². The second-order valence-electron chi connectivity index (χ2n) is 4.56. The van der Waals surface area contributed by atoms with Gasteiger partial charge in [-0.05, 0) is 25.2 Å².